The summed E-state index contributed by atoms with van der Waals surface area (Å²) in [5.41, 5.74) is 2.86. The minimum absolute atomic E-state index is 0.107. The normalized spacial score (nSPS) is 14.0. The fourth-order valence-corrected chi connectivity index (χ4v) is 5.83. The van der Waals surface area contributed by atoms with Gasteiger partial charge >= 0.3 is 0 Å². The van der Waals surface area contributed by atoms with Gasteiger partial charge in [-0.3, -0.25) is 4.98 Å². The number of nitrogens with zero attached hydrogens (tertiary/aromatic N) is 3. The lowest BCUT2D eigenvalue weighted by atomic mass is 10.2. The second kappa shape index (κ2) is 12.5. The van der Waals surface area contributed by atoms with E-state index in [-0.39, 0.29) is 15.9 Å². The van der Waals surface area contributed by atoms with Gasteiger partial charge in [0.1, 0.15) is 17.6 Å². The summed E-state index contributed by atoms with van der Waals surface area (Å²) in [5, 5.41) is 13.2. The first kappa shape index (κ1) is 25.7. The summed E-state index contributed by atoms with van der Waals surface area (Å²) in [6, 6.07) is 16.2. The molecular weight excluding hydrogens is 450 g/mol. The predicted molar refractivity (Wildman–Crippen MR) is 138 cm³/mol. The third-order valence-corrected chi connectivity index (χ3v) is 7.92. The average Bonchev–Trinajstić information content (AvgIpc) is 2.89. The van der Waals surface area contributed by atoms with Gasteiger partial charge in [-0.05, 0) is 54.6 Å². The second-order valence-corrected chi connectivity index (χ2v) is 10.1. The van der Waals surface area contributed by atoms with E-state index in [9.17, 15) is 5.11 Å². The number of ether oxygens (including phenoxy) is 3. The minimum Gasteiger partial charge on any atom is -0.497 e. The van der Waals surface area contributed by atoms with Crippen molar-refractivity contribution in [3.63, 3.8) is 0 Å². The summed E-state index contributed by atoms with van der Waals surface area (Å²) >= 11 is 0. The van der Waals surface area contributed by atoms with Gasteiger partial charge in [-0.15, -0.1) is 10.7 Å². The third kappa shape index (κ3) is 6.56. The number of hydrogen-bond donors (Lipinski definition) is 1. The largest absolute Gasteiger partial charge is 0.497 e. The molecule has 1 heterocycles. The lowest BCUT2D eigenvalue weighted by Crippen LogP contribution is -2.26. The van der Waals surface area contributed by atoms with E-state index in [2.05, 4.69) is 50.8 Å². The van der Waals surface area contributed by atoms with Gasteiger partial charge in [0.15, 0.2) is 0 Å². The molecule has 0 bridgehead atoms. The maximum Gasteiger partial charge on any atom is 0.231 e. The summed E-state index contributed by atoms with van der Waals surface area (Å²) in [6.45, 7) is 5.53. The number of aliphatic hydroxyl groups excluding tert-OH is 1. The molecule has 182 valence electrons. The molecule has 8 heteroatoms. The molecule has 0 spiro atoms. The van der Waals surface area contributed by atoms with Crippen LogP contribution in [0, 0.1) is 0 Å². The van der Waals surface area contributed by atoms with Gasteiger partial charge in [0.25, 0.3) is 0 Å². The summed E-state index contributed by atoms with van der Waals surface area (Å²) in [7, 11) is 4.51. The molecule has 0 saturated heterocycles. The van der Waals surface area contributed by atoms with Gasteiger partial charge in [-0.25, -0.2) is 9.29 Å². The lowest BCUT2D eigenvalue weighted by Gasteiger charge is -2.33. The summed E-state index contributed by atoms with van der Waals surface area (Å²) < 4.78 is 18.1. The quantitative estimate of drug-likeness (QED) is 0.398. The van der Waals surface area contributed by atoms with Crippen molar-refractivity contribution in [3.05, 3.63) is 77.7 Å². The Morgan fingerprint density at radius 3 is 1.76 bits per heavy atom. The van der Waals surface area contributed by atoms with Crippen LogP contribution in [0.2, 0.25) is 0 Å². The molecule has 3 aromatic rings. The van der Waals surface area contributed by atoms with Gasteiger partial charge in [0, 0.05) is 18.3 Å². The van der Waals surface area contributed by atoms with Crippen molar-refractivity contribution >= 4 is 16.0 Å². The van der Waals surface area contributed by atoms with Crippen molar-refractivity contribution in [2.24, 2.45) is 0 Å². The monoisotopic (exact) mass is 483 g/mol. The van der Waals surface area contributed by atoms with Crippen LogP contribution in [-0.4, -0.2) is 51.3 Å². The van der Waals surface area contributed by atoms with Crippen molar-refractivity contribution in [3.8, 4) is 17.4 Å². The summed E-state index contributed by atoms with van der Waals surface area (Å²) in [4.78, 5) is 8.57. The van der Waals surface area contributed by atoms with E-state index >= 15 is 0 Å². The Balaban J connectivity index is 1.88. The van der Waals surface area contributed by atoms with Gasteiger partial charge in [-0.1, -0.05) is 24.3 Å². The zero-order valence-electron chi connectivity index (χ0n) is 20.3. The Labute approximate surface area is 204 Å². The molecule has 3 rings (SSSR count). The highest BCUT2D eigenvalue weighted by Gasteiger charge is 2.25. The van der Waals surface area contributed by atoms with Crippen LogP contribution in [0.1, 0.15) is 36.8 Å². The highest BCUT2D eigenvalue weighted by Crippen LogP contribution is 2.36. The molecule has 34 heavy (non-hydrogen) atoms. The smallest absolute Gasteiger partial charge is 0.231 e. The second-order valence-electron chi connectivity index (χ2n) is 7.71. The molecule has 1 unspecified atom stereocenters. The van der Waals surface area contributed by atoms with Gasteiger partial charge < -0.3 is 19.3 Å². The SMILES string of the molecule is C/C=S(/[C@@H](C)[C@H](O)c1cnc(OC)cn1)N(Cc1ccc(OC)cc1)Cc1ccc(OC)cc1. The average molecular weight is 484 g/mol. The van der Waals surface area contributed by atoms with Crippen LogP contribution in [0.25, 0.3) is 0 Å². The summed E-state index contributed by atoms with van der Waals surface area (Å²) in [5.74, 6) is 2.08. The van der Waals surface area contributed by atoms with E-state index in [1.807, 2.05) is 31.2 Å². The molecule has 7 nitrogen and oxygen atoms in total. The first-order valence-electron chi connectivity index (χ1n) is 11.0. The van der Waals surface area contributed by atoms with Crippen molar-refractivity contribution in [1.29, 1.82) is 0 Å². The number of benzene rings is 2. The lowest BCUT2D eigenvalue weighted by molar-refractivity contribution is 0.172. The fourth-order valence-electron chi connectivity index (χ4n) is 3.63. The number of aliphatic hydroxyl groups is 1. The molecule has 2 aromatic carbocycles. The fraction of sp³-hybridized carbons (Fsp3) is 0.346. The molecule has 1 aromatic heterocycles. The van der Waals surface area contributed by atoms with Gasteiger partial charge in [0.05, 0.1) is 39.4 Å². The number of hydrogen-bond acceptors (Lipinski definition) is 7. The van der Waals surface area contributed by atoms with E-state index < -0.39 is 6.10 Å². The van der Waals surface area contributed by atoms with Gasteiger partial charge in [0.2, 0.25) is 5.88 Å². The highest BCUT2D eigenvalue weighted by molar-refractivity contribution is 8.13. The van der Waals surface area contributed by atoms with Crippen LogP contribution in [0.3, 0.4) is 0 Å². The molecule has 0 radical (unpaired) electrons. The van der Waals surface area contributed by atoms with Crippen molar-refractivity contribution in [1.82, 2.24) is 14.3 Å². The predicted octanol–water partition coefficient (Wildman–Crippen LogP) is 4.63. The Bertz CT molecular complexity index is 1010. The molecule has 0 aliphatic carbocycles. The van der Waals surface area contributed by atoms with Crippen molar-refractivity contribution < 1.29 is 19.3 Å². The maximum atomic E-state index is 11.2. The summed E-state index contributed by atoms with van der Waals surface area (Å²) in [6.07, 6.45) is 2.34. The first-order chi connectivity index (χ1) is 16.5. The van der Waals surface area contributed by atoms with Crippen LogP contribution < -0.4 is 14.2 Å². The Morgan fingerprint density at radius 2 is 1.38 bits per heavy atom. The van der Waals surface area contributed by atoms with Gasteiger partial charge in [-0.2, -0.15) is 0 Å². The highest BCUT2D eigenvalue weighted by atomic mass is 32.2. The van der Waals surface area contributed by atoms with Crippen molar-refractivity contribution in [2.45, 2.75) is 38.3 Å². The van der Waals surface area contributed by atoms with Crippen LogP contribution >= 0.6 is 10.7 Å². The van der Waals surface area contributed by atoms with Crippen LogP contribution in [0.5, 0.6) is 17.4 Å². The Morgan fingerprint density at radius 1 is 0.853 bits per heavy atom. The number of rotatable bonds is 11. The molecule has 3 atom stereocenters. The van der Waals surface area contributed by atoms with E-state index in [1.165, 1.54) is 17.3 Å². The van der Waals surface area contributed by atoms with E-state index in [4.69, 9.17) is 14.2 Å². The van der Waals surface area contributed by atoms with Crippen molar-refractivity contribution in [2.75, 3.05) is 21.3 Å². The molecule has 0 fully saturated rings. The molecule has 0 aliphatic rings. The molecule has 0 aliphatic heterocycles. The maximum absolute atomic E-state index is 11.2. The van der Waals surface area contributed by atoms with E-state index in [1.54, 1.807) is 27.5 Å². The Hall–Kier alpha value is -2.94. The third-order valence-electron chi connectivity index (χ3n) is 5.56. The zero-order chi connectivity index (χ0) is 24.5. The number of aromatic nitrogens is 2. The topological polar surface area (TPSA) is 76.9 Å². The molecular formula is C26H33N3O4S. The zero-order valence-corrected chi connectivity index (χ0v) is 21.2. The van der Waals surface area contributed by atoms with E-state index in [0.717, 1.165) is 24.6 Å². The molecule has 1 N–H and O–H groups in total. The van der Waals surface area contributed by atoms with Crippen LogP contribution in [0.4, 0.5) is 0 Å². The van der Waals surface area contributed by atoms with E-state index in [0.29, 0.717) is 11.6 Å². The minimum atomic E-state index is -0.771. The standard InChI is InChI=1S/C26H33N3O4S/c1-6-34(19(2)26(30)24-15-28-25(33-5)16-27-24)29(17-20-7-11-22(31-3)12-8-20)18-21-9-13-23(32-4)14-10-21/h6-16,19,26,30H,17-18H2,1-5H3/t19-,26-,34?/m0/s1. The first-order valence-corrected chi connectivity index (χ1v) is 12.4. The number of methoxy groups -OCH3 is 3. The van der Waals surface area contributed by atoms with Crippen LogP contribution in [0.15, 0.2) is 60.9 Å². The van der Waals surface area contributed by atoms with Crippen LogP contribution in [-0.2, 0) is 13.1 Å². The molecule has 0 saturated carbocycles. The Kier molecular flexibility index (Phi) is 9.44. The molecule has 0 amide bonds.